The lowest BCUT2D eigenvalue weighted by Crippen LogP contribution is -1.85. The zero-order valence-corrected chi connectivity index (χ0v) is 8.75. The summed E-state index contributed by atoms with van der Waals surface area (Å²) >= 11 is 1.49. The predicted octanol–water partition coefficient (Wildman–Crippen LogP) is 2.30. The lowest BCUT2D eigenvalue weighted by atomic mass is 10.1. The maximum atomic E-state index is 5.08. The Morgan fingerprint density at radius 2 is 2.00 bits per heavy atom. The number of rotatable bonds is 3. The van der Waals surface area contributed by atoms with Crippen molar-refractivity contribution in [2.75, 3.05) is 0 Å². The van der Waals surface area contributed by atoms with Crippen LogP contribution in [0.1, 0.15) is 18.9 Å². The number of benzene rings is 1. The third kappa shape index (κ3) is 2.14. The maximum Gasteiger partial charge on any atom is 0.494 e. The van der Waals surface area contributed by atoms with E-state index in [0.29, 0.717) is 0 Å². The van der Waals surface area contributed by atoms with Gasteiger partial charge in [-0.25, -0.2) is 0 Å². The van der Waals surface area contributed by atoms with Crippen molar-refractivity contribution >= 4 is 22.2 Å². The summed E-state index contributed by atoms with van der Waals surface area (Å²) in [6.45, 7) is 6.06. The first-order valence-electron chi connectivity index (χ1n) is 3.98. The minimum atomic E-state index is 0.904. The molecule has 12 heavy (non-hydrogen) atoms. The number of hydrogen-bond donors (Lipinski definition) is 0. The van der Waals surface area contributed by atoms with Crippen molar-refractivity contribution in [3.05, 3.63) is 36.4 Å². The Hall–Kier alpha value is -0.708. The van der Waals surface area contributed by atoms with Gasteiger partial charge in [-0.05, 0) is 29.7 Å². The van der Waals surface area contributed by atoms with Crippen LogP contribution in [0.3, 0.4) is 0 Å². The van der Waals surface area contributed by atoms with Crippen LogP contribution in [-0.2, 0) is 0 Å². The highest BCUT2D eigenvalue weighted by Gasteiger charge is 1.95. The Balaban J connectivity index is 2.84. The average Bonchev–Trinajstić information content (AvgIpc) is 2.17. The molecule has 0 bridgehead atoms. The first-order valence-corrected chi connectivity index (χ1v) is 4.56. The van der Waals surface area contributed by atoms with Gasteiger partial charge in [0.1, 0.15) is 0 Å². The summed E-state index contributed by atoms with van der Waals surface area (Å²) in [5.41, 5.74) is 2.36. The van der Waals surface area contributed by atoms with Crippen molar-refractivity contribution in [3.8, 4) is 5.75 Å². The van der Waals surface area contributed by atoms with Crippen molar-refractivity contribution in [2.45, 2.75) is 13.3 Å². The zero-order chi connectivity index (χ0) is 8.97. The van der Waals surface area contributed by atoms with Gasteiger partial charge in [-0.3, -0.25) is 0 Å². The van der Waals surface area contributed by atoms with Gasteiger partial charge >= 0.3 is 16.6 Å². The van der Waals surface area contributed by atoms with E-state index in [1.807, 2.05) is 24.3 Å². The first-order chi connectivity index (χ1) is 5.77. The summed E-state index contributed by atoms with van der Waals surface area (Å²) in [6.07, 6.45) is 0.994. The molecule has 0 N–H and O–H groups in total. The fraction of sp³-hybridized carbons (Fsp3) is 0.200. The molecule has 2 heteroatoms. The van der Waals surface area contributed by atoms with Crippen LogP contribution in [0.15, 0.2) is 30.8 Å². The van der Waals surface area contributed by atoms with Gasteiger partial charge < -0.3 is 3.79 Å². The second-order valence-corrected chi connectivity index (χ2v) is 2.91. The SMILES string of the molecule is C=C(CC)c1ccc([O][AlH])cc1. The summed E-state index contributed by atoms with van der Waals surface area (Å²) in [6, 6.07) is 8.00. The second kappa shape index (κ2) is 4.35. The van der Waals surface area contributed by atoms with Gasteiger partial charge in [-0.15, -0.1) is 0 Å². The molecule has 0 aliphatic carbocycles. The number of allylic oxidation sites excluding steroid dienone is 1. The summed E-state index contributed by atoms with van der Waals surface area (Å²) < 4.78 is 5.08. The van der Waals surface area contributed by atoms with Crippen molar-refractivity contribution in [3.63, 3.8) is 0 Å². The van der Waals surface area contributed by atoms with Crippen molar-refractivity contribution in [2.24, 2.45) is 0 Å². The molecule has 0 aromatic heterocycles. The molecule has 0 spiro atoms. The van der Waals surface area contributed by atoms with Crippen LogP contribution in [0, 0.1) is 0 Å². The molecule has 0 saturated carbocycles. The normalized spacial score (nSPS) is 9.42. The van der Waals surface area contributed by atoms with E-state index >= 15 is 0 Å². The highest BCUT2D eigenvalue weighted by molar-refractivity contribution is 5.99. The lowest BCUT2D eigenvalue weighted by molar-refractivity contribution is 0.616. The molecule has 1 rings (SSSR count). The molecule has 0 saturated heterocycles. The van der Waals surface area contributed by atoms with E-state index in [2.05, 4.69) is 13.5 Å². The van der Waals surface area contributed by atoms with Crippen LogP contribution in [0.2, 0.25) is 0 Å². The summed E-state index contributed by atoms with van der Waals surface area (Å²) in [7, 11) is 0. The minimum absolute atomic E-state index is 0.904. The zero-order valence-electron chi connectivity index (χ0n) is 7.34. The van der Waals surface area contributed by atoms with Crippen LogP contribution < -0.4 is 3.79 Å². The Labute approximate surface area is 81.8 Å². The van der Waals surface area contributed by atoms with Crippen molar-refractivity contribution in [1.82, 2.24) is 0 Å². The fourth-order valence-corrected chi connectivity index (χ4v) is 1.18. The molecule has 1 aromatic carbocycles. The molecule has 61 valence electrons. The molecule has 1 aromatic rings. The van der Waals surface area contributed by atoms with Crippen LogP contribution in [0.5, 0.6) is 5.75 Å². The third-order valence-corrected chi connectivity index (χ3v) is 2.19. The summed E-state index contributed by atoms with van der Waals surface area (Å²) in [5.74, 6) is 0.904. The number of hydrogen-bond acceptors (Lipinski definition) is 1. The van der Waals surface area contributed by atoms with Gasteiger partial charge in [0.2, 0.25) is 0 Å². The van der Waals surface area contributed by atoms with Gasteiger partial charge in [-0.2, -0.15) is 0 Å². The highest BCUT2D eigenvalue weighted by atomic mass is 27.1. The van der Waals surface area contributed by atoms with E-state index in [0.717, 1.165) is 12.2 Å². The summed E-state index contributed by atoms with van der Waals surface area (Å²) in [5, 5.41) is 0. The van der Waals surface area contributed by atoms with Crippen LogP contribution in [0.25, 0.3) is 5.57 Å². The monoisotopic (exact) mass is 175 g/mol. The molecule has 0 aliphatic rings. The molecule has 0 aliphatic heterocycles. The fourth-order valence-electron chi connectivity index (χ4n) is 0.991. The van der Waals surface area contributed by atoms with E-state index < -0.39 is 0 Å². The molecule has 0 heterocycles. The highest BCUT2D eigenvalue weighted by Crippen LogP contribution is 2.18. The molecule has 1 radical (unpaired) electrons. The van der Waals surface area contributed by atoms with Gasteiger partial charge in [0, 0.05) is 0 Å². The van der Waals surface area contributed by atoms with E-state index in [9.17, 15) is 0 Å². The van der Waals surface area contributed by atoms with E-state index in [-0.39, 0.29) is 0 Å². The van der Waals surface area contributed by atoms with Gasteiger partial charge in [0.15, 0.2) is 0 Å². The molecule has 0 unspecified atom stereocenters. The second-order valence-electron chi connectivity index (χ2n) is 2.63. The largest absolute Gasteiger partial charge is 0.650 e. The van der Waals surface area contributed by atoms with E-state index in [1.165, 1.54) is 27.8 Å². The standard InChI is InChI=1S/C10H12O.Al.H/c1-3-8(2)9-4-6-10(11)7-5-9;;/h4-7,11H,2-3H2,1H3;;/q;+1;/p-1. The molecular weight excluding hydrogens is 163 g/mol. The average molecular weight is 175 g/mol. The molecule has 1 nitrogen and oxygen atoms in total. The molecule has 0 amide bonds. The minimum Gasteiger partial charge on any atom is -0.650 e. The Morgan fingerprint density at radius 1 is 1.42 bits per heavy atom. The van der Waals surface area contributed by atoms with Gasteiger partial charge in [0.25, 0.3) is 0 Å². The molecular formula is C10H12AlO. The topological polar surface area (TPSA) is 9.23 Å². The molecule has 0 fully saturated rings. The molecule has 0 atom stereocenters. The van der Waals surface area contributed by atoms with Crippen molar-refractivity contribution < 1.29 is 3.79 Å². The van der Waals surface area contributed by atoms with Crippen molar-refractivity contribution in [1.29, 1.82) is 0 Å². The van der Waals surface area contributed by atoms with Crippen LogP contribution in [-0.4, -0.2) is 16.6 Å². The van der Waals surface area contributed by atoms with Crippen LogP contribution in [0.4, 0.5) is 0 Å². The smallest absolute Gasteiger partial charge is 0.494 e. The first kappa shape index (κ1) is 9.38. The van der Waals surface area contributed by atoms with E-state index in [1.54, 1.807) is 0 Å². The Kier molecular flexibility index (Phi) is 3.40. The van der Waals surface area contributed by atoms with Gasteiger partial charge in [-0.1, -0.05) is 25.6 Å². The lowest BCUT2D eigenvalue weighted by Gasteiger charge is -2.05. The third-order valence-electron chi connectivity index (χ3n) is 1.86. The Bertz CT molecular complexity index is 264. The summed E-state index contributed by atoms with van der Waals surface area (Å²) in [4.78, 5) is 0. The maximum absolute atomic E-state index is 5.08. The van der Waals surface area contributed by atoms with Crippen LogP contribution >= 0.6 is 0 Å². The van der Waals surface area contributed by atoms with Gasteiger partial charge in [0.05, 0.1) is 5.75 Å². The quantitative estimate of drug-likeness (QED) is 0.640. The van der Waals surface area contributed by atoms with E-state index in [4.69, 9.17) is 3.79 Å². The predicted molar refractivity (Wildman–Crippen MR) is 53.5 cm³/mol. The Morgan fingerprint density at radius 3 is 2.42 bits per heavy atom.